The average molecular weight is 338 g/mol. The molecule has 5 nitrogen and oxygen atoms in total. The minimum absolute atomic E-state index is 0.145. The number of hydrogen-bond acceptors (Lipinski definition) is 4. The quantitative estimate of drug-likeness (QED) is 0.880. The molecule has 0 aliphatic carbocycles. The summed E-state index contributed by atoms with van der Waals surface area (Å²) < 4.78 is 3.13. The maximum Gasteiger partial charge on any atom is 0.0760 e. The van der Waals surface area contributed by atoms with Crippen LogP contribution in [0, 0.1) is 6.92 Å². The van der Waals surface area contributed by atoms with Gasteiger partial charge in [0.05, 0.1) is 27.6 Å². The van der Waals surface area contributed by atoms with Gasteiger partial charge in [0, 0.05) is 31.6 Å². The van der Waals surface area contributed by atoms with E-state index in [0.717, 1.165) is 35.4 Å². The monoisotopic (exact) mass is 337 g/mol. The SMILES string of the molecule is CCNC(Cc1c(Br)c(C)nn1CC)c1cnccn1. The fourth-order valence-electron chi connectivity index (χ4n) is 2.28. The van der Waals surface area contributed by atoms with Crippen molar-refractivity contribution in [1.29, 1.82) is 0 Å². The van der Waals surface area contributed by atoms with Gasteiger partial charge in [0.15, 0.2) is 0 Å². The van der Waals surface area contributed by atoms with E-state index in [1.807, 2.05) is 17.8 Å². The summed E-state index contributed by atoms with van der Waals surface area (Å²) in [5.41, 5.74) is 3.18. The molecule has 20 heavy (non-hydrogen) atoms. The Morgan fingerprint density at radius 3 is 2.75 bits per heavy atom. The van der Waals surface area contributed by atoms with Crippen molar-refractivity contribution < 1.29 is 0 Å². The second kappa shape index (κ2) is 6.95. The number of nitrogens with one attached hydrogen (secondary N) is 1. The van der Waals surface area contributed by atoms with Crippen molar-refractivity contribution >= 4 is 15.9 Å². The Morgan fingerprint density at radius 1 is 1.35 bits per heavy atom. The van der Waals surface area contributed by atoms with E-state index in [1.165, 1.54) is 5.69 Å². The summed E-state index contributed by atoms with van der Waals surface area (Å²) in [5, 5.41) is 8.01. The predicted octanol–water partition coefficient (Wildman–Crippen LogP) is 2.66. The third-order valence-electron chi connectivity index (χ3n) is 3.24. The van der Waals surface area contributed by atoms with Crippen LogP contribution in [0.25, 0.3) is 0 Å². The van der Waals surface area contributed by atoms with Crippen molar-refractivity contribution in [2.24, 2.45) is 0 Å². The third-order valence-corrected chi connectivity index (χ3v) is 4.27. The second-order valence-corrected chi connectivity index (χ2v) is 5.40. The molecule has 2 aromatic heterocycles. The van der Waals surface area contributed by atoms with Crippen LogP contribution in [-0.4, -0.2) is 26.3 Å². The van der Waals surface area contributed by atoms with Crippen LogP contribution in [-0.2, 0) is 13.0 Å². The highest BCUT2D eigenvalue weighted by Crippen LogP contribution is 2.25. The highest BCUT2D eigenvalue weighted by Gasteiger charge is 2.19. The van der Waals surface area contributed by atoms with E-state index in [-0.39, 0.29) is 6.04 Å². The van der Waals surface area contributed by atoms with Crippen molar-refractivity contribution in [3.8, 4) is 0 Å². The molecule has 108 valence electrons. The number of aryl methyl sites for hydroxylation is 2. The molecule has 0 aliphatic heterocycles. The molecule has 2 rings (SSSR count). The van der Waals surface area contributed by atoms with Gasteiger partial charge in [0.2, 0.25) is 0 Å². The molecule has 2 heterocycles. The molecule has 0 saturated heterocycles. The second-order valence-electron chi connectivity index (χ2n) is 4.61. The summed E-state index contributed by atoms with van der Waals surface area (Å²) in [4.78, 5) is 8.58. The maximum atomic E-state index is 4.54. The van der Waals surface area contributed by atoms with Gasteiger partial charge in [-0.2, -0.15) is 5.10 Å². The number of nitrogens with zero attached hydrogens (tertiary/aromatic N) is 4. The minimum Gasteiger partial charge on any atom is -0.309 e. The van der Waals surface area contributed by atoms with Crippen molar-refractivity contribution in [3.05, 3.63) is 40.1 Å². The van der Waals surface area contributed by atoms with Crippen LogP contribution < -0.4 is 5.32 Å². The minimum atomic E-state index is 0.145. The summed E-state index contributed by atoms with van der Waals surface area (Å²) in [5.74, 6) is 0. The van der Waals surface area contributed by atoms with Crippen molar-refractivity contribution in [1.82, 2.24) is 25.1 Å². The van der Waals surface area contributed by atoms with Crippen LogP contribution >= 0.6 is 15.9 Å². The van der Waals surface area contributed by atoms with Crippen LogP contribution in [0.5, 0.6) is 0 Å². The van der Waals surface area contributed by atoms with Gasteiger partial charge in [0.1, 0.15) is 0 Å². The summed E-state index contributed by atoms with van der Waals surface area (Å²) in [6.45, 7) is 7.97. The molecule has 1 unspecified atom stereocenters. The summed E-state index contributed by atoms with van der Waals surface area (Å²) in [6, 6.07) is 0.145. The molecule has 0 aliphatic rings. The van der Waals surface area contributed by atoms with Gasteiger partial charge in [-0.05, 0) is 36.3 Å². The average Bonchev–Trinajstić information content (AvgIpc) is 2.75. The van der Waals surface area contributed by atoms with E-state index < -0.39 is 0 Å². The molecule has 0 saturated carbocycles. The first-order valence-electron chi connectivity index (χ1n) is 6.88. The Bertz CT molecular complexity index is 552. The van der Waals surface area contributed by atoms with E-state index in [9.17, 15) is 0 Å². The lowest BCUT2D eigenvalue weighted by Crippen LogP contribution is -2.25. The molecule has 0 aromatic carbocycles. The summed E-state index contributed by atoms with van der Waals surface area (Å²) >= 11 is 3.65. The lowest BCUT2D eigenvalue weighted by molar-refractivity contribution is 0.504. The highest BCUT2D eigenvalue weighted by molar-refractivity contribution is 9.10. The molecule has 0 bridgehead atoms. The van der Waals surface area contributed by atoms with E-state index in [0.29, 0.717) is 0 Å². The van der Waals surface area contributed by atoms with Gasteiger partial charge in [-0.3, -0.25) is 14.6 Å². The largest absolute Gasteiger partial charge is 0.309 e. The van der Waals surface area contributed by atoms with Crippen LogP contribution in [0.4, 0.5) is 0 Å². The van der Waals surface area contributed by atoms with Crippen molar-refractivity contribution in [3.63, 3.8) is 0 Å². The number of halogens is 1. The zero-order chi connectivity index (χ0) is 14.5. The first-order valence-corrected chi connectivity index (χ1v) is 7.67. The van der Waals surface area contributed by atoms with Crippen molar-refractivity contribution in [2.75, 3.05) is 6.54 Å². The van der Waals surface area contributed by atoms with Crippen LogP contribution in [0.3, 0.4) is 0 Å². The van der Waals surface area contributed by atoms with Gasteiger partial charge >= 0.3 is 0 Å². The Hall–Kier alpha value is -1.27. The molecule has 1 N–H and O–H groups in total. The van der Waals surface area contributed by atoms with Crippen LogP contribution in [0.1, 0.15) is 37.0 Å². The van der Waals surface area contributed by atoms with E-state index in [1.54, 1.807) is 12.4 Å². The Kier molecular flexibility index (Phi) is 5.25. The molecule has 0 amide bonds. The summed E-state index contributed by atoms with van der Waals surface area (Å²) in [7, 11) is 0. The number of aromatic nitrogens is 4. The first kappa shape index (κ1) is 15.1. The van der Waals surface area contributed by atoms with E-state index >= 15 is 0 Å². The molecular formula is C14H20BrN5. The zero-order valence-electron chi connectivity index (χ0n) is 12.1. The molecule has 6 heteroatoms. The van der Waals surface area contributed by atoms with Gasteiger partial charge in [-0.1, -0.05) is 6.92 Å². The number of likely N-dealkylation sites (N-methyl/N-ethyl adjacent to an activating group) is 1. The fraction of sp³-hybridized carbons (Fsp3) is 0.500. The van der Waals surface area contributed by atoms with Gasteiger partial charge in [-0.15, -0.1) is 0 Å². The highest BCUT2D eigenvalue weighted by atomic mass is 79.9. The first-order chi connectivity index (χ1) is 9.67. The number of hydrogen-bond donors (Lipinski definition) is 1. The molecular weight excluding hydrogens is 318 g/mol. The standard InChI is InChI=1S/C14H20BrN5/c1-4-17-11(12-9-16-6-7-18-12)8-13-14(15)10(3)19-20(13)5-2/h6-7,9,11,17H,4-5,8H2,1-3H3. The Balaban J connectivity index is 2.29. The van der Waals surface area contributed by atoms with Gasteiger partial charge in [0.25, 0.3) is 0 Å². The van der Waals surface area contributed by atoms with Crippen molar-refractivity contribution in [2.45, 2.75) is 39.8 Å². The lowest BCUT2D eigenvalue weighted by Gasteiger charge is -2.17. The van der Waals surface area contributed by atoms with Gasteiger partial charge < -0.3 is 5.32 Å². The topological polar surface area (TPSA) is 55.6 Å². The summed E-state index contributed by atoms with van der Waals surface area (Å²) in [6.07, 6.45) is 6.09. The molecule has 1 atom stereocenters. The van der Waals surface area contributed by atoms with E-state index in [2.05, 4.69) is 50.2 Å². The van der Waals surface area contributed by atoms with Crippen LogP contribution in [0.15, 0.2) is 23.1 Å². The normalized spacial score (nSPS) is 12.6. The zero-order valence-corrected chi connectivity index (χ0v) is 13.7. The predicted molar refractivity (Wildman–Crippen MR) is 82.5 cm³/mol. The maximum absolute atomic E-state index is 4.54. The molecule has 2 aromatic rings. The Labute approximate surface area is 128 Å². The van der Waals surface area contributed by atoms with E-state index in [4.69, 9.17) is 0 Å². The van der Waals surface area contributed by atoms with Crippen LogP contribution in [0.2, 0.25) is 0 Å². The fourth-order valence-corrected chi connectivity index (χ4v) is 2.72. The smallest absolute Gasteiger partial charge is 0.0760 e. The van der Waals surface area contributed by atoms with Gasteiger partial charge in [-0.25, -0.2) is 0 Å². The number of rotatable bonds is 6. The Morgan fingerprint density at radius 2 is 2.15 bits per heavy atom. The third kappa shape index (κ3) is 3.24. The molecule has 0 radical (unpaired) electrons. The lowest BCUT2D eigenvalue weighted by atomic mass is 10.1. The molecule has 0 spiro atoms. The molecule has 0 fully saturated rings.